The maximum Gasteiger partial charge on any atom is 0.310 e. The van der Waals surface area contributed by atoms with Gasteiger partial charge in [0.25, 0.3) is 0 Å². The fraction of sp³-hybridized carbons (Fsp3) is 0.391. The first kappa shape index (κ1) is 25.0. The van der Waals surface area contributed by atoms with Gasteiger partial charge in [-0.1, -0.05) is 23.7 Å². The number of hydrogen-bond donors (Lipinski definition) is 1. The molecule has 0 spiro atoms. The fourth-order valence-electron chi connectivity index (χ4n) is 3.66. The van der Waals surface area contributed by atoms with Crippen LogP contribution in [-0.2, 0) is 30.8 Å². The number of anilines is 1. The van der Waals surface area contributed by atoms with Crippen LogP contribution < -0.4 is 10.1 Å². The first-order valence-electron chi connectivity index (χ1n) is 10.6. The molecular weight excluding hydrogens is 468 g/mol. The van der Waals surface area contributed by atoms with Crippen molar-refractivity contribution in [3.63, 3.8) is 0 Å². The lowest BCUT2D eigenvalue weighted by Gasteiger charge is -2.31. The monoisotopic (exact) mass is 494 g/mol. The molecule has 8 nitrogen and oxygen atoms in total. The molecule has 0 bridgehead atoms. The molecule has 1 aliphatic heterocycles. The summed E-state index contributed by atoms with van der Waals surface area (Å²) in [6.45, 7) is 2.49. The Bertz CT molecular complexity index is 1100. The number of benzene rings is 2. The molecule has 1 saturated heterocycles. The Hall–Kier alpha value is -2.62. The lowest BCUT2D eigenvalue weighted by molar-refractivity contribution is -0.142. The minimum Gasteiger partial charge on any atom is -0.495 e. The van der Waals surface area contributed by atoms with E-state index < -0.39 is 15.9 Å². The lowest BCUT2D eigenvalue weighted by atomic mass is 9.98. The molecule has 2 aromatic carbocycles. The van der Waals surface area contributed by atoms with E-state index in [-0.39, 0.29) is 34.8 Å². The number of carbonyl (C=O) groups is 2. The van der Waals surface area contributed by atoms with Crippen LogP contribution in [0.5, 0.6) is 5.75 Å². The van der Waals surface area contributed by atoms with E-state index in [1.165, 1.54) is 29.6 Å². The topological polar surface area (TPSA) is 102 Å². The lowest BCUT2D eigenvalue weighted by Crippen LogP contribution is -2.43. The second-order valence-corrected chi connectivity index (χ2v) is 10.0. The molecule has 0 unspecified atom stereocenters. The molecule has 1 N–H and O–H groups in total. The summed E-state index contributed by atoms with van der Waals surface area (Å²) in [7, 11) is -2.35. The fourth-order valence-corrected chi connectivity index (χ4v) is 5.53. The number of esters is 1. The number of carbonyl (C=O) groups excluding carboxylic acids is 2. The van der Waals surface area contributed by atoms with Crippen LogP contribution in [0, 0.1) is 5.92 Å². The summed E-state index contributed by atoms with van der Waals surface area (Å²) in [5, 5.41) is 3.04. The van der Waals surface area contributed by atoms with Crippen molar-refractivity contribution in [2.24, 2.45) is 5.92 Å². The Kier molecular flexibility index (Phi) is 8.34. The molecule has 1 fully saturated rings. The molecule has 0 aromatic heterocycles. The van der Waals surface area contributed by atoms with Gasteiger partial charge in [0.1, 0.15) is 5.75 Å². The van der Waals surface area contributed by atoms with Crippen LogP contribution in [-0.4, -0.2) is 51.4 Å². The highest BCUT2D eigenvalue weighted by Crippen LogP contribution is 2.30. The van der Waals surface area contributed by atoms with E-state index in [0.29, 0.717) is 37.4 Å². The van der Waals surface area contributed by atoms with Crippen molar-refractivity contribution in [1.29, 1.82) is 0 Å². The maximum absolute atomic E-state index is 13.1. The summed E-state index contributed by atoms with van der Waals surface area (Å²) >= 11 is 6.10. The second-order valence-electron chi connectivity index (χ2n) is 7.67. The highest BCUT2D eigenvalue weighted by atomic mass is 35.5. The third-order valence-electron chi connectivity index (χ3n) is 5.39. The summed E-state index contributed by atoms with van der Waals surface area (Å²) in [6, 6.07) is 11.2. The van der Waals surface area contributed by atoms with Gasteiger partial charge >= 0.3 is 5.97 Å². The highest BCUT2D eigenvalue weighted by Gasteiger charge is 2.33. The van der Waals surface area contributed by atoms with Gasteiger partial charge in [0.05, 0.1) is 36.0 Å². The van der Waals surface area contributed by atoms with E-state index in [2.05, 4.69) is 5.32 Å². The molecule has 1 heterocycles. The van der Waals surface area contributed by atoms with E-state index in [0.717, 1.165) is 5.56 Å². The van der Waals surface area contributed by atoms with Gasteiger partial charge < -0.3 is 14.8 Å². The van der Waals surface area contributed by atoms with Gasteiger partial charge in [0.2, 0.25) is 15.9 Å². The van der Waals surface area contributed by atoms with Crippen LogP contribution in [0.15, 0.2) is 47.4 Å². The molecular formula is C23H27ClN2O6S. The number of amides is 1. The maximum atomic E-state index is 13.1. The van der Waals surface area contributed by atoms with E-state index in [1.54, 1.807) is 31.2 Å². The molecule has 2 aromatic rings. The first-order valence-corrected chi connectivity index (χ1v) is 12.5. The molecule has 33 heavy (non-hydrogen) atoms. The van der Waals surface area contributed by atoms with E-state index in [1.807, 2.05) is 0 Å². The van der Waals surface area contributed by atoms with Crippen molar-refractivity contribution in [3.8, 4) is 5.75 Å². The number of methoxy groups -OCH3 is 1. The molecule has 1 atom stereocenters. The number of nitrogens with zero attached hydrogens (tertiary/aromatic N) is 1. The third-order valence-corrected chi connectivity index (χ3v) is 7.55. The summed E-state index contributed by atoms with van der Waals surface area (Å²) in [4.78, 5) is 24.5. The number of nitrogens with one attached hydrogen (secondary N) is 1. The smallest absolute Gasteiger partial charge is 0.310 e. The Morgan fingerprint density at radius 3 is 2.55 bits per heavy atom. The van der Waals surface area contributed by atoms with E-state index in [4.69, 9.17) is 21.1 Å². The molecule has 1 amide bonds. The van der Waals surface area contributed by atoms with Crippen LogP contribution in [0.2, 0.25) is 5.02 Å². The zero-order valence-electron chi connectivity index (χ0n) is 18.5. The van der Waals surface area contributed by atoms with Crippen LogP contribution in [0.1, 0.15) is 25.3 Å². The Balaban J connectivity index is 1.64. The minimum atomic E-state index is -3.80. The Morgan fingerprint density at radius 1 is 1.18 bits per heavy atom. The summed E-state index contributed by atoms with van der Waals surface area (Å²) < 4.78 is 37.5. The van der Waals surface area contributed by atoms with Gasteiger partial charge in [-0.3, -0.25) is 9.59 Å². The number of hydrogen-bond acceptors (Lipinski definition) is 6. The number of halogens is 1. The highest BCUT2D eigenvalue weighted by molar-refractivity contribution is 7.89. The van der Waals surface area contributed by atoms with Crippen molar-refractivity contribution in [2.45, 2.75) is 31.1 Å². The van der Waals surface area contributed by atoms with E-state index in [9.17, 15) is 18.0 Å². The predicted molar refractivity (Wildman–Crippen MR) is 125 cm³/mol. The largest absolute Gasteiger partial charge is 0.495 e. The van der Waals surface area contributed by atoms with Crippen molar-refractivity contribution in [1.82, 2.24) is 4.31 Å². The summed E-state index contributed by atoms with van der Waals surface area (Å²) in [5.74, 6) is -0.655. The summed E-state index contributed by atoms with van der Waals surface area (Å²) in [5.41, 5.74) is 1.36. The number of sulfonamides is 1. The molecule has 0 radical (unpaired) electrons. The van der Waals surface area contributed by atoms with Gasteiger partial charge in [0, 0.05) is 18.8 Å². The Morgan fingerprint density at radius 2 is 1.91 bits per heavy atom. The van der Waals surface area contributed by atoms with Gasteiger partial charge in [0.15, 0.2) is 0 Å². The average molecular weight is 495 g/mol. The van der Waals surface area contributed by atoms with E-state index >= 15 is 0 Å². The van der Waals surface area contributed by atoms with Gasteiger partial charge in [-0.15, -0.1) is 0 Å². The van der Waals surface area contributed by atoms with Crippen LogP contribution in [0.3, 0.4) is 0 Å². The molecule has 3 rings (SSSR count). The SMILES string of the molecule is CCOC(=O)Cc1ccc(NC(=O)[C@@H]2CCCN(S(=O)(=O)c3ccc(OC)c(Cl)c3)C2)cc1. The number of rotatable bonds is 8. The van der Waals surface area contributed by atoms with Crippen molar-refractivity contribution >= 4 is 39.2 Å². The average Bonchev–Trinajstić information content (AvgIpc) is 2.80. The first-order chi connectivity index (χ1) is 15.7. The Labute approximate surface area is 198 Å². The zero-order valence-corrected chi connectivity index (χ0v) is 20.1. The van der Waals surface area contributed by atoms with Crippen molar-refractivity contribution < 1.29 is 27.5 Å². The molecule has 1 aliphatic rings. The van der Waals surface area contributed by atoms with Crippen LogP contribution in [0.4, 0.5) is 5.69 Å². The molecule has 178 valence electrons. The molecule has 0 aliphatic carbocycles. The van der Waals surface area contributed by atoms with Crippen molar-refractivity contribution in [3.05, 3.63) is 53.1 Å². The molecule has 10 heteroatoms. The third kappa shape index (κ3) is 6.25. The predicted octanol–water partition coefficient (Wildman–Crippen LogP) is 3.49. The normalized spacial score (nSPS) is 16.8. The quantitative estimate of drug-likeness (QED) is 0.563. The van der Waals surface area contributed by atoms with Gasteiger partial charge in [-0.2, -0.15) is 4.31 Å². The number of piperidine rings is 1. The summed E-state index contributed by atoms with van der Waals surface area (Å²) in [6.07, 6.45) is 1.31. The van der Waals surface area contributed by atoms with Crippen LogP contribution >= 0.6 is 11.6 Å². The van der Waals surface area contributed by atoms with Crippen LogP contribution in [0.25, 0.3) is 0 Å². The standard InChI is InChI=1S/C23H27ClN2O6S/c1-3-32-22(27)13-16-6-8-18(9-7-16)25-23(28)17-5-4-12-26(15-17)33(29,30)19-10-11-21(31-2)20(24)14-19/h6-11,14,17H,3-5,12-13,15H2,1-2H3,(H,25,28)/t17-/m1/s1. The van der Waals surface area contributed by atoms with Gasteiger partial charge in [-0.05, 0) is 55.7 Å². The molecule has 0 saturated carbocycles. The minimum absolute atomic E-state index is 0.0616. The van der Waals surface area contributed by atoms with Crippen molar-refractivity contribution in [2.75, 3.05) is 32.1 Å². The number of ether oxygens (including phenoxy) is 2. The van der Waals surface area contributed by atoms with Gasteiger partial charge in [-0.25, -0.2) is 8.42 Å². The zero-order chi connectivity index (χ0) is 24.0. The second kappa shape index (κ2) is 11.0.